The zero-order chi connectivity index (χ0) is 17.5. The van der Waals surface area contributed by atoms with Crippen LogP contribution in [0.5, 0.6) is 0 Å². The number of rotatable bonds is 3. The summed E-state index contributed by atoms with van der Waals surface area (Å²) in [5.41, 5.74) is 5.83. The van der Waals surface area contributed by atoms with Gasteiger partial charge >= 0.3 is 0 Å². The van der Waals surface area contributed by atoms with E-state index in [2.05, 4.69) is 95.0 Å². The lowest BCUT2D eigenvalue weighted by Crippen LogP contribution is -2.05. The molecule has 0 aliphatic rings. The Labute approximate surface area is 152 Å². The molecule has 2 heterocycles. The third-order valence-electron chi connectivity index (χ3n) is 4.94. The molecule has 0 bridgehead atoms. The van der Waals surface area contributed by atoms with Gasteiger partial charge in [0.05, 0.1) is 16.9 Å². The summed E-state index contributed by atoms with van der Waals surface area (Å²) in [6, 6.07) is 29.6. The quantitative estimate of drug-likeness (QED) is 0.436. The van der Waals surface area contributed by atoms with Gasteiger partial charge in [-0.15, -0.1) is 0 Å². The number of aromatic nitrogens is 3. The summed E-state index contributed by atoms with van der Waals surface area (Å²) in [5.74, 6) is 0. The topological polar surface area (TPSA) is 22.8 Å². The zero-order valence-corrected chi connectivity index (χ0v) is 14.6. The Morgan fingerprint density at radius 1 is 0.769 bits per heavy atom. The van der Waals surface area contributed by atoms with Crippen LogP contribution in [0.25, 0.3) is 27.6 Å². The van der Waals surface area contributed by atoms with E-state index in [0.717, 1.165) is 23.6 Å². The van der Waals surface area contributed by atoms with E-state index in [0.29, 0.717) is 0 Å². The van der Waals surface area contributed by atoms with E-state index in [4.69, 9.17) is 5.10 Å². The highest BCUT2D eigenvalue weighted by molar-refractivity contribution is 6.08. The Balaban J connectivity index is 1.86. The lowest BCUT2D eigenvalue weighted by atomic mass is 10.2. The first-order chi connectivity index (χ1) is 12.8. The van der Waals surface area contributed by atoms with E-state index < -0.39 is 0 Å². The highest BCUT2D eigenvalue weighted by atomic mass is 15.3. The van der Waals surface area contributed by atoms with Crippen molar-refractivity contribution in [1.29, 1.82) is 0 Å². The van der Waals surface area contributed by atoms with E-state index in [9.17, 15) is 0 Å². The molecule has 3 heteroatoms. The minimum Gasteiger partial charge on any atom is -0.321 e. The molecular weight excluding hydrogens is 318 g/mol. The molecule has 0 radical (unpaired) electrons. The summed E-state index contributed by atoms with van der Waals surface area (Å²) in [4.78, 5) is 0. The smallest absolute Gasteiger partial charge is 0.145 e. The largest absolute Gasteiger partial charge is 0.321 e. The van der Waals surface area contributed by atoms with Crippen LogP contribution in [0.15, 0.2) is 84.9 Å². The molecule has 0 fully saturated rings. The molecule has 0 amide bonds. The highest BCUT2D eigenvalue weighted by Crippen LogP contribution is 2.33. The second-order valence-electron chi connectivity index (χ2n) is 6.62. The van der Waals surface area contributed by atoms with Crippen molar-refractivity contribution in [3.8, 4) is 5.69 Å². The van der Waals surface area contributed by atoms with E-state index in [1.807, 2.05) is 6.07 Å². The Hall–Kier alpha value is -3.33. The number of benzene rings is 3. The monoisotopic (exact) mass is 337 g/mol. The normalized spacial score (nSPS) is 11.4. The van der Waals surface area contributed by atoms with E-state index in [1.165, 1.54) is 21.9 Å². The maximum atomic E-state index is 4.87. The van der Waals surface area contributed by atoms with Crippen LogP contribution >= 0.6 is 0 Å². The van der Waals surface area contributed by atoms with Crippen LogP contribution in [0.1, 0.15) is 11.3 Å². The Bertz CT molecular complexity index is 1200. The van der Waals surface area contributed by atoms with Crippen molar-refractivity contribution in [2.24, 2.45) is 0 Å². The Morgan fingerprint density at radius 3 is 2.19 bits per heavy atom. The van der Waals surface area contributed by atoms with Crippen molar-refractivity contribution in [2.75, 3.05) is 0 Å². The van der Waals surface area contributed by atoms with Crippen molar-refractivity contribution in [3.63, 3.8) is 0 Å². The molecule has 2 aromatic heterocycles. The van der Waals surface area contributed by atoms with E-state index >= 15 is 0 Å². The summed E-state index contributed by atoms with van der Waals surface area (Å²) >= 11 is 0. The molecule has 5 rings (SSSR count). The van der Waals surface area contributed by atoms with Gasteiger partial charge in [0.15, 0.2) is 0 Å². The molecule has 0 spiro atoms. The number of hydrogen-bond donors (Lipinski definition) is 0. The lowest BCUT2D eigenvalue weighted by molar-refractivity contribution is 0.799. The molecule has 26 heavy (non-hydrogen) atoms. The van der Waals surface area contributed by atoms with Crippen LogP contribution in [0, 0.1) is 6.92 Å². The Morgan fingerprint density at radius 2 is 1.42 bits per heavy atom. The fourth-order valence-electron chi connectivity index (χ4n) is 3.79. The summed E-state index contributed by atoms with van der Waals surface area (Å²) < 4.78 is 4.46. The molecular formula is C23H19N3. The number of hydrogen-bond acceptors (Lipinski definition) is 1. The number of aryl methyl sites for hydroxylation is 1. The van der Waals surface area contributed by atoms with Crippen molar-refractivity contribution >= 4 is 21.9 Å². The molecule has 3 nitrogen and oxygen atoms in total. The fraction of sp³-hybridized carbons (Fsp3) is 0.0870. The van der Waals surface area contributed by atoms with Crippen molar-refractivity contribution < 1.29 is 0 Å². The minimum atomic E-state index is 0.822. The van der Waals surface area contributed by atoms with Gasteiger partial charge in [-0.2, -0.15) is 5.10 Å². The van der Waals surface area contributed by atoms with Gasteiger partial charge in [-0.3, -0.25) is 0 Å². The predicted octanol–water partition coefficient (Wildman–Crippen LogP) is 5.34. The Kier molecular flexibility index (Phi) is 3.39. The zero-order valence-electron chi connectivity index (χ0n) is 14.6. The number of para-hydroxylation sites is 2. The molecule has 0 unspecified atom stereocenters. The molecule has 0 saturated heterocycles. The molecule has 0 saturated carbocycles. The minimum absolute atomic E-state index is 0.822. The third-order valence-corrected chi connectivity index (χ3v) is 4.94. The predicted molar refractivity (Wildman–Crippen MR) is 107 cm³/mol. The molecule has 5 aromatic rings. The van der Waals surface area contributed by atoms with Gasteiger partial charge in [0.2, 0.25) is 0 Å². The average Bonchev–Trinajstić information content (AvgIpc) is 3.20. The maximum Gasteiger partial charge on any atom is 0.145 e. The maximum absolute atomic E-state index is 4.87. The molecule has 126 valence electrons. The van der Waals surface area contributed by atoms with E-state index in [-0.39, 0.29) is 0 Å². The van der Waals surface area contributed by atoms with Gasteiger partial charge in [0.1, 0.15) is 5.65 Å². The molecule has 0 N–H and O–H groups in total. The number of fused-ring (bicyclic) bond motifs is 3. The van der Waals surface area contributed by atoms with Crippen LogP contribution in [0.2, 0.25) is 0 Å². The van der Waals surface area contributed by atoms with Gasteiger partial charge in [-0.05, 0) is 30.7 Å². The summed E-state index contributed by atoms with van der Waals surface area (Å²) in [7, 11) is 0. The van der Waals surface area contributed by atoms with E-state index in [1.54, 1.807) is 0 Å². The SMILES string of the molecule is Cc1nn(-c2ccccc2)c2c1c1ccccc1n2Cc1ccccc1. The summed E-state index contributed by atoms with van der Waals surface area (Å²) in [6.07, 6.45) is 0. The number of nitrogens with zero attached hydrogens (tertiary/aromatic N) is 3. The first-order valence-corrected chi connectivity index (χ1v) is 8.89. The molecule has 0 atom stereocenters. The van der Waals surface area contributed by atoms with Gasteiger partial charge in [-0.1, -0.05) is 66.7 Å². The van der Waals surface area contributed by atoms with Crippen molar-refractivity contribution in [3.05, 3.63) is 96.2 Å². The van der Waals surface area contributed by atoms with Crippen LogP contribution in [-0.2, 0) is 6.54 Å². The first-order valence-electron chi connectivity index (χ1n) is 8.89. The van der Waals surface area contributed by atoms with Crippen molar-refractivity contribution in [2.45, 2.75) is 13.5 Å². The van der Waals surface area contributed by atoms with Gasteiger partial charge in [0.25, 0.3) is 0 Å². The van der Waals surface area contributed by atoms with Gasteiger partial charge in [0, 0.05) is 17.3 Å². The van der Waals surface area contributed by atoms with Crippen molar-refractivity contribution in [1.82, 2.24) is 14.3 Å². The van der Waals surface area contributed by atoms with Gasteiger partial charge < -0.3 is 4.57 Å². The van der Waals surface area contributed by atoms with Crippen LogP contribution < -0.4 is 0 Å². The molecule has 0 aliphatic heterocycles. The van der Waals surface area contributed by atoms with Crippen LogP contribution in [0.4, 0.5) is 0 Å². The van der Waals surface area contributed by atoms with Crippen LogP contribution in [-0.4, -0.2) is 14.3 Å². The highest BCUT2D eigenvalue weighted by Gasteiger charge is 2.19. The summed E-state index contributed by atoms with van der Waals surface area (Å²) in [6.45, 7) is 2.92. The summed E-state index contributed by atoms with van der Waals surface area (Å²) in [5, 5.41) is 7.37. The lowest BCUT2D eigenvalue weighted by Gasteiger charge is -2.10. The van der Waals surface area contributed by atoms with Crippen LogP contribution in [0.3, 0.4) is 0 Å². The fourth-order valence-corrected chi connectivity index (χ4v) is 3.79. The second kappa shape index (κ2) is 5.88. The second-order valence-corrected chi connectivity index (χ2v) is 6.62. The molecule has 3 aromatic carbocycles. The van der Waals surface area contributed by atoms with Gasteiger partial charge in [-0.25, -0.2) is 4.68 Å². The standard InChI is InChI=1S/C23H19N3/c1-17-22-20-14-8-9-15-21(20)25(16-18-10-4-2-5-11-18)23(22)26(24-17)19-12-6-3-7-13-19/h2-15H,16H2,1H3. The molecule has 0 aliphatic carbocycles. The first kappa shape index (κ1) is 15.0. The third kappa shape index (κ3) is 2.25. The average molecular weight is 337 g/mol.